The van der Waals surface area contributed by atoms with Gasteiger partial charge < -0.3 is 9.80 Å². The molecule has 40 heavy (non-hydrogen) atoms. The summed E-state index contributed by atoms with van der Waals surface area (Å²) in [4.78, 5) is 33.6. The molecule has 4 rings (SSSR count). The Morgan fingerprint density at radius 3 is 2.27 bits per heavy atom. The fourth-order valence-corrected chi connectivity index (χ4v) is 6.76. The molecule has 1 aromatic heterocycles. The van der Waals surface area contributed by atoms with E-state index >= 15 is 0 Å². The standard InChI is InChI=1S/C31H39N5O2S2/c1-4-6-7-8-9-13-16-36-30(38)27(40-31(36)39)21-25-23(3)26(22-32)29(37)35(5-2)28(25)34-19-17-33(18-20-34)24-14-11-10-12-15-24/h10-12,14-15,21H,4-9,13,16-20H2,1-3H3. The van der Waals surface area contributed by atoms with E-state index in [-0.39, 0.29) is 17.0 Å². The van der Waals surface area contributed by atoms with Crippen molar-refractivity contribution >= 4 is 51.8 Å². The summed E-state index contributed by atoms with van der Waals surface area (Å²) >= 11 is 6.92. The number of aromatic nitrogens is 1. The van der Waals surface area contributed by atoms with Gasteiger partial charge in [-0.2, -0.15) is 5.26 Å². The summed E-state index contributed by atoms with van der Waals surface area (Å²) in [5.74, 6) is 0.688. The van der Waals surface area contributed by atoms with Crippen LogP contribution in [0.15, 0.2) is 40.0 Å². The Kier molecular flexibility index (Phi) is 10.5. The number of nitriles is 1. The van der Waals surface area contributed by atoms with E-state index in [1.54, 1.807) is 9.47 Å². The number of benzene rings is 1. The normalized spacial score (nSPS) is 16.8. The Bertz CT molecular complexity index is 1350. The van der Waals surface area contributed by atoms with Gasteiger partial charge in [-0.05, 0) is 44.0 Å². The second-order valence-electron chi connectivity index (χ2n) is 10.3. The maximum atomic E-state index is 13.5. The van der Waals surface area contributed by atoms with Gasteiger partial charge in [0.1, 0.15) is 21.8 Å². The molecule has 0 spiro atoms. The van der Waals surface area contributed by atoms with Crippen LogP contribution >= 0.6 is 24.0 Å². The van der Waals surface area contributed by atoms with Gasteiger partial charge in [0.25, 0.3) is 11.5 Å². The van der Waals surface area contributed by atoms with Gasteiger partial charge in [-0.25, -0.2) is 0 Å². The van der Waals surface area contributed by atoms with Crippen molar-refractivity contribution in [3.05, 3.63) is 62.3 Å². The van der Waals surface area contributed by atoms with Crippen molar-refractivity contribution in [3.63, 3.8) is 0 Å². The summed E-state index contributed by atoms with van der Waals surface area (Å²) < 4.78 is 2.26. The molecule has 9 heteroatoms. The molecule has 0 aliphatic carbocycles. The molecule has 212 valence electrons. The summed E-state index contributed by atoms with van der Waals surface area (Å²) in [6.45, 7) is 10.1. The molecule has 0 radical (unpaired) electrons. The predicted molar refractivity (Wildman–Crippen MR) is 170 cm³/mol. The van der Waals surface area contributed by atoms with Crippen molar-refractivity contribution < 1.29 is 4.79 Å². The fourth-order valence-electron chi connectivity index (χ4n) is 5.47. The molecule has 2 fully saturated rings. The summed E-state index contributed by atoms with van der Waals surface area (Å²) in [5, 5.41) is 9.87. The maximum absolute atomic E-state index is 13.5. The average molecular weight is 578 g/mol. The number of para-hydroxylation sites is 1. The van der Waals surface area contributed by atoms with Crippen LogP contribution in [0.3, 0.4) is 0 Å². The molecule has 2 aliphatic heterocycles. The number of unbranched alkanes of at least 4 members (excludes halogenated alkanes) is 5. The van der Waals surface area contributed by atoms with E-state index in [1.165, 1.54) is 43.1 Å². The van der Waals surface area contributed by atoms with E-state index in [0.717, 1.165) is 50.4 Å². The quantitative estimate of drug-likeness (QED) is 0.186. The lowest BCUT2D eigenvalue weighted by atomic mass is 10.0. The molecule has 7 nitrogen and oxygen atoms in total. The van der Waals surface area contributed by atoms with Gasteiger partial charge in [0.05, 0.1) is 4.91 Å². The zero-order valence-electron chi connectivity index (χ0n) is 23.8. The van der Waals surface area contributed by atoms with Crippen LogP contribution in [0.25, 0.3) is 6.08 Å². The van der Waals surface area contributed by atoms with E-state index in [1.807, 2.05) is 38.1 Å². The predicted octanol–water partition coefficient (Wildman–Crippen LogP) is 5.94. The minimum Gasteiger partial charge on any atom is -0.368 e. The molecule has 0 saturated carbocycles. The molecule has 1 aromatic carbocycles. The Balaban J connectivity index is 1.63. The monoisotopic (exact) mass is 577 g/mol. The second-order valence-corrected chi connectivity index (χ2v) is 12.0. The lowest BCUT2D eigenvalue weighted by molar-refractivity contribution is -0.122. The zero-order chi connectivity index (χ0) is 28.6. The number of hydrogen-bond acceptors (Lipinski definition) is 7. The van der Waals surface area contributed by atoms with Gasteiger partial charge in [0.15, 0.2) is 0 Å². The Labute approximate surface area is 247 Å². The summed E-state index contributed by atoms with van der Waals surface area (Å²) in [6.07, 6.45) is 8.74. The number of nitrogens with zero attached hydrogens (tertiary/aromatic N) is 5. The highest BCUT2D eigenvalue weighted by Crippen LogP contribution is 2.36. The number of carbonyl (C=O) groups is 1. The topological polar surface area (TPSA) is 72.6 Å². The van der Waals surface area contributed by atoms with Gasteiger partial charge in [-0.15, -0.1) is 0 Å². The number of thiocarbonyl (C=S) groups is 1. The number of carbonyl (C=O) groups excluding carboxylic acids is 1. The molecule has 2 saturated heterocycles. The number of pyridine rings is 1. The average Bonchev–Trinajstić information content (AvgIpc) is 3.24. The lowest BCUT2D eigenvalue weighted by Crippen LogP contribution is -2.48. The minimum absolute atomic E-state index is 0.0874. The van der Waals surface area contributed by atoms with Crippen LogP contribution in [0.4, 0.5) is 11.5 Å². The van der Waals surface area contributed by atoms with E-state index in [9.17, 15) is 14.9 Å². The van der Waals surface area contributed by atoms with E-state index < -0.39 is 0 Å². The molecule has 0 N–H and O–H groups in total. The highest BCUT2D eigenvalue weighted by atomic mass is 32.2. The molecular formula is C31H39N5O2S2. The zero-order valence-corrected chi connectivity index (χ0v) is 25.5. The van der Waals surface area contributed by atoms with Crippen LogP contribution in [0, 0.1) is 18.3 Å². The highest BCUT2D eigenvalue weighted by Gasteiger charge is 2.33. The molecule has 2 aromatic rings. The first-order valence-corrected chi connectivity index (χ1v) is 15.6. The van der Waals surface area contributed by atoms with E-state index in [0.29, 0.717) is 27.9 Å². The highest BCUT2D eigenvalue weighted by molar-refractivity contribution is 8.26. The van der Waals surface area contributed by atoms with E-state index in [2.05, 4.69) is 34.9 Å². The van der Waals surface area contributed by atoms with Crippen molar-refractivity contribution in [2.24, 2.45) is 0 Å². The molecule has 0 atom stereocenters. The molecule has 0 unspecified atom stereocenters. The Hall–Kier alpha value is -3.09. The molecular weight excluding hydrogens is 539 g/mol. The SMILES string of the molecule is CCCCCCCCN1C(=O)C(=Cc2c(C)c(C#N)c(=O)n(CC)c2N2CCN(c3ccccc3)CC2)SC1=S. The van der Waals surface area contributed by atoms with Gasteiger partial charge in [0.2, 0.25) is 0 Å². The van der Waals surface area contributed by atoms with E-state index in [4.69, 9.17) is 12.2 Å². The fraction of sp³-hybridized carbons (Fsp3) is 0.484. The number of anilines is 2. The first-order valence-electron chi connectivity index (χ1n) is 14.4. The molecule has 0 bridgehead atoms. The van der Waals surface area contributed by atoms with Gasteiger partial charge in [-0.1, -0.05) is 81.2 Å². The van der Waals surface area contributed by atoms with Gasteiger partial charge >= 0.3 is 0 Å². The lowest BCUT2D eigenvalue weighted by Gasteiger charge is -2.39. The minimum atomic E-state index is -0.282. The van der Waals surface area contributed by atoms with Crippen LogP contribution in [0.1, 0.15) is 69.1 Å². The van der Waals surface area contributed by atoms with Crippen molar-refractivity contribution in [2.45, 2.75) is 65.8 Å². The van der Waals surface area contributed by atoms with Crippen LogP contribution in [-0.4, -0.2) is 52.4 Å². The van der Waals surface area contributed by atoms with Gasteiger partial charge in [0, 0.05) is 50.5 Å². The van der Waals surface area contributed by atoms with Crippen molar-refractivity contribution in [3.8, 4) is 6.07 Å². The third-order valence-electron chi connectivity index (χ3n) is 7.75. The number of amides is 1. The second kappa shape index (κ2) is 14.0. The van der Waals surface area contributed by atoms with Crippen LogP contribution in [-0.2, 0) is 11.3 Å². The molecule has 1 amide bonds. The van der Waals surface area contributed by atoms with Crippen LogP contribution in [0.2, 0.25) is 0 Å². The van der Waals surface area contributed by atoms with Crippen molar-refractivity contribution in [1.29, 1.82) is 5.26 Å². The Morgan fingerprint density at radius 2 is 1.62 bits per heavy atom. The third-order valence-corrected chi connectivity index (χ3v) is 9.13. The summed E-state index contributed by atoms with van der Waals surface area (Å²) in [7, 11) is 0. The maximum Gasteiger partial charge on any atom is 0.270 e. The first-order chi connectivity index (χ1) is 19.4. The Morgan fingerprint density at radius 1 is 0.975 bits per heavy atom. The largest absolute Gasteiger partial charge is 0.368 e. The smallest absolute Gasteiger partial charge is 0.270 e. The van der Waals surface area contributed by atoms with Crippen molar-refractivity contribution in [2.75, 3.05) is 42.5 Å². The number of rotatable bonds is 11. The molecule has 3 heterocycles. The third kappa shape index (κ3) is 6.45. The first kappa shape index (κ1) is 29.9. The summed E-state index contributed by atoms with van der Waals surface area (Å²) in [5.41, 5.74) is 2.39. The van der Waals surface area contributed by atoms with Gasteiger partial charge in [-0.3, -0.25) is 19.1 Å². The number of thioether (sulfide) groups is 1. The molecule has 2 aliphatic rings. The summed E-state index contributed by atoms with van der Waals surface area (Å²) in [6, 6.07) is 12.5. The number of hydrogen-bond donors (Lipinski definition) is 0. The van der Waals surface area contributed by atoms with Crippen LogP contribution < -0.4 is 15.4 Å². The number of piperazine rings is 1. The van der Waals surface area contributed by atoms with Crippen LogP contribution in [0.5, 0.6) is 0 Å². The van der Waals surface area contributed by atoms with Crippen molar-refractivity contribution in [1.82, 2.24) is 9.47 Å².